The summed E-state index contributed by atoms with van der Waals surface area (Å²) in [7, 11) is 0. The van der Waals surface area contributed by atoms with Gasteiger partial charge in [0.25, 0.3) is 5.91 Å². The minimum absolute atomic E-state index is 0.0553. The Morgan fingerprint density at radius 2 is 1.69 bits per heavy atom. The van der Waals surface area contributed by atoms with Crippen LogP contribution in [0.2, 0.25) is 0 Å². The first-order valence-corrected chi connectivity index (χ1v) is 17.9. The van der Waals surface area contributed by atoms with Gasteiger partial charge in [-0.2, -0.15) is 0 Å². The maximum Gasteiger partial charge on any atom is 0.251 e. The number of anilines is 1. The molecule has 7 nitrogen and oxygen atoms in total. The van der Waals surface area contributed by atoms with E-state index in [2.05, 4.69) is 20.1 Å². The maximum absolute atomic E-state index is 15.2. The Hall–Kier alpha value is -3.88. The molecule has 0 aromatic heterocycles. The van der Waals surface area contributed by atoms with Crippen LogP contribution in [0.5, 0.6) is 0 Å². The van der Waals surface area contributed by atoms with Crippen LogP contribution in [0.3, 0.4) is 0 Å². The van der Waals surface area contributed by atoms with Gasteiger partial charge in [-0.25, -0.2) is 0 Å². The summed E-state index contributed by atoms with van der Waals surface area (Å²) in [5, 5.41) is 12.9. The van der Waals surface area contributed by atoms with Gasteiger partial charge >= 0.3 is 0 Å². The molecule has 2 unspecified atom stereocenters. The highest BCUT2D eigenvalue weighted by Crippen LogP contribution is 2.72. The van der Waals surface area contributed by atoms with Crippen LogP contribution in [0.15, 0.2) is 98.1 Å². The molecule has 1 N–H and O–H groups in total. The summed E-state index contributed by atoms with van der Waals surface area (Å²) in [6.07, 6.45) is 5.53. The molecule has 6 rings (SSSR count). The maximum atomic E-state index is 15.2. The van der Waals surface area contributed by atoms with E-state index < -0.39 is 33.4 Å². The van der Waals surface area contributed by atoms with Crippen molar-refractivity contribution in [2.24, 2.45) is 17.8 Å². The second kappa shape index (κ2) is 13.6. The van der Waals surface area contributed by atoms with Gasteiger partial charge in [-0.3, -0.25) is 14.4 Å². The van der Waals surface area contributed by atoms with Gasteiger partial charge in [-0.05, 0) is 54.2 Å². The summed E-state index contributed by atoms with van der Waals surface area (Å²) >= 11 is 1.66. The number of likely N-dealkylation sites (tertiary alicyclic amines) is 1. The highest BCUT2D eigenvalue weighted by molar-refractivity contribution is 8.02. The molecule has 3 fully saturated rings. The van der Waals surface area contributed by atoms with Crippen molar-refractivity contribution in [3.8, 4) is 0 Å². The summed E-state index contributed by atoms with van der Waals surface area (Å²) < 4.78 is -1.33. The highest BCUT2D eigenvalue weighted by Gasteiger charge is 2.78. The van der Waals surface area contributed by atoms with Crippen LogP contribution < -0.4 is 4.90 Å². The van der Waals surface area contributed by atoms with Crippen molar-refractivity contribution in [3.63, 3.8) is 0 Å². The molecule has 7 atom stereocenters. The first-order valence-electron chi connectivity index (χ1n) is 17.1. The standard InChI is InChI=1S/C40H47N3O4S/c1-6-22-41(25-28-14-10-9-11-15-28)36(45)33-34-37(46)43(32(26-44)27(4)8-3)35(40(34)21-20-39(33,5)48-40)38(47)42(23-7-2)31-19-18-29-16-12-13-17-30(29)24-31/h6-7,9-19,24,27,32-35,44H,1-2,8,20-23,25-26H2,3-5H3/t27-,32-,33-,34-,35?,39+,40?/m0/s1. The van der Waals surface area contributed by atoms with E-state index in [0.717, 1.165) is 28.4 Å². The third-order valence-electron chi connectivity index (χ3n) is 11.1. The predicted octanol–water partition coefficient (Wildman–Crippen LogP) is 6.46. The van der Waals surface area contributed by atoms with Gasteiger partial charge in [0.2, 0.25) is 11.8 Å². The minimum atomic E-state index is -0.848. The fraction of sp³-hybridized carbons (Fsp3) is 0.425. The van der Waals surface area contributed by atoms with Crippen molar-refractivity contribution in [2.45, 2.75) is 68.2 Å². The Bertz CT molecular complexity index is 1710. The van der Waals surface area contributed by atoms with Crippen LogP contribution in [0, 0.1) is 17.8 Å². The molecule has 0 saturated carbocycles. The average molecular weight is 666 g/mol. The molecule has 3 amide bonds. The zero-order chi connectivity index (χ0) is 34.2. The van der Waals surface area contributed by atoms with Gasteiger partial charge in [0.1, 0.15) is 6.04 Å². The Kier molecular flexibility index (Phi) is 9.60. The summed E-state index contributed by atoms with van der Waals surface area (Å²) in [5.74, 6) is -1.83. The molecular weight excluding hydrogens is 619 g/mol. The lowest BCUT2D eigenvalue weighted by atomic mass is 9.66. The lowest BCUT2D eigenvalue weighted by molar-refractivity contribution is -0.147. The molecule has 8 heteroatoms. The Labute approximate surface area is 288 Å². The van der Waals surface area contributed by atoms with E-state index in [1.165, 1.54) is 0 Å². The molecule has 3 aromatic carbocycles. The number of hydrogen-bond donors (Lipinski definition) is 1. The normalized spacial score (nSPS) is 27.0. The molecule has 2 bridgehead atoms. The molecule has 0 aliphatic carbocycles. The van der Waals surface area contributed by atoms with Crippen molar-refractivity contribution in [2.75, 3.05) is 24.6 Å². The van der Waals surface area contributed by atoms with E-state index in [0.29, 0.717) is 25.9 Å². The van der Waals surface area contributed by atoms with Gasteiger partial charge in [0.05, 0.1) is 29.2 Å². The van der Waals surface area contributed by atoms with Crippen molar-refractivity contribution < 1.29 is 19.5 Å². The van der Waals surface area contributed by atoms with Gasteiger partial charge in [-0.1, -0.05) is 93.1 Å². The number of carbonyl (C=O) groups is 3. The number of benzene rings is 3. The number of aliphatic hydroxyl groups excluding tert-OH is 1. The largest absolute Gasteiger partial charge is 0.394 e. The topological polar surface area (TPSA) is 81.2 Å². The van der Waals surface area contributed by atoms with E-state index in [1.807, 2.05) is 86.6 Å². The van der Waals surface area contributed by atoms with E-state index in [4.69, 9.17) is 0 Å². The number of amides is 3. The first-order chi connectivity index (χ1) is 23.1. The number of hydrogen-bond acceptors (Lipinski definition) is 5. The molecule has 3 aliphatic heterocycles. The van der Waals surface area contributed by atoms with Crippen LogP contribution in [0.25, 0.3) is 10.8 Å². The molecule has 3 aromatic rings. The van der Waals surface area contributed by atoms with Crippen molar-refractivity contribution in [1.82, 2.24) is 9.80 Å². The van der Waals surface area contributed by atoms with Crippen LogP contribution >= 0.6 is 11.8 Å². The third-order valence-corrected chi connectivity index (χ3v) is 13.0. The fourth-order valence-corrected chi connectivity index (χ4v) is 10.9. The summed E-state index contributed by atoms with van der Waals surface area (Å²) in [6.45, 7) is 14.8. The molecule has 252 valence electrons. The van der Waals surface area contributed by atoms with E-state index >= 15 is 9.59 Å². The van der Waals surface area contributed by atoms with Crippen LogP contribution in [0.1, 0.15) is 45.6 Å². The SMILES string of the molecule is C=CCN(Cc1ccccc1)C(=O)[C@@H]1[C@H]2C(=O)N([C@@H](CO)[C@@H](C)CC)C(C(=O)N(CC=C)c3ccc4ccccc4c3)C23CC[C@@]1(C)S3. The molecular formula is C40H47N3O4S. The van der Waals surface area contributed by atoms with Gasteiger partial charge in [0, 0.05) is 30.1 Å². The van der Waals surface area contributed by atoms with Crippen LogP contribution in [-0.2, 0) is 20.9 Å². The summed E-state index contributed by atoms with van der Waals surface area (Å²) in [4.78, 5) is 50.2. The lowest BCUT2D eigenvalue weighted by Gasteiger charge is -2.41. The second-order valence-electron chi connectivity index (χ2n) is 13.9. The molecule has 48 heavy (non-hydrogen) atoms. The number of fused-ring (bicyclic) bond motifs is 2. The fourth-order valence-electron chi connectivity index (χ4n) is 8.52. The predicted molar refractivity (Wildman–Crippen MR) is 194 cm³/mol. The summed E-state index contributed by atoms with van der Waals surface area (Å²) in [5.41, 5.74) is 1.73. The van der Waals surface area contributed by atoms with Crippen molar-refractivity contribution in [3.05, 3.63) is 104 Å². The van der Waals surface area contributed by atoms with E-state index in [1.54, 1.807) is 38.6 Å². The first kappa shape index (κ1) is 34.0. The van der Waals surface area contributed by atoms with Crippen molar-refractivity contribution >= 4 is 45.9 Å². The lowest BCUT2D eigenvalue weighted by Crippen LogP contribution is -2.58. The van der Waals surface area contributed by atoms with Gasteiger partial charge in [0.15, 0.2) is 0 Å². The Morgan fingerprint density at radius 3 is 2.35 bits per heavy atom. The van der Waals surface area contributed by atoms with Crippen LogP contribution in [-0.4, -0.2) is 73.9 Å². The number of rotatable bonds is 13. The number of aliphatic hydroxyl groups is 1. The number of thioether (sulfide) groups is 1. The molecule has 1 spiro atoms. The Balaban J connectivity index is 1.45. The zero-order valence-electron chi connectivity index (χ0n) is 28.3. The molecule has 0 radical (unpaired) electrons. The molecule has 3 aliphatic rings. The van der Waals surface area contributed by atoms with Gasteiger partial charge in [-0.15, -0.1) is 24.9 Å². The smallest absolute Gasteiger partial charge is 0.251 e. The molecule has 3 saturated heterocycles. The number of carbonyl (C=O) groups excluding carboxylic acids is 3. The zero-order valence-corrected chi connectivity index (χ0v) is 29.1. The minimum Gasteiger partial charge on any atom is -0.394 e. The van der Waals surface area contributed by atoms with E-state index in [9.17, 15) is 9.90 Å². The average Bonchev–Trinajstić information content (AvgIpc) is 3.67. The quantitative estimate of drug-likeness (QED) is 0.212. The van der Waals surface area contributed by atoms with Gasteiger partial charge < -0.3 is 19.8 Å². The van der Waals surface area contributed by atoms with E-state index in [-0.39, 0.29) is 36.8 Å². The molecule has 3 heterocycles. The summed E-state index contributed by atoms with van der Waals surface area (Å²) in [6, 6.07) is 22.4. The number of nitrogens with zero attached hydrogens (tertiary/aromatic N) is 3. The van der Waals surface area contributed by atoms with Crippen LogP contribution in [0.4, 0.5) is 5.69 Å². The second-order valence-corrected chi connectivity index (χ2v) is 15.8. The third kappa shape index (κ3) is 5.57. The Morgan fingerprint density at radius 1 is 1.00 bits per heavy atom. The highest BCUT2D eigenvalue weighted by atomic mass is 32.2. The monoisotopic (exact) mass is 665 g/mol. The van der Waals surface area contributed by atoms with Crippen molar-refractivity contribution in [1.29, 1.82) is 0 Å².